The smallest absolute Gasteiger partial charge is 0.225 e. The summed E-state index contributed by atoms with van der Waals surface area (Å²) in [5.74, 6) is 1.53. The Kier molecular flexibility index (Phi) is 9.94. The van der Waals surface area contributed by atoms with Gasteiger partial charge in [0.1, 0.15) is 0 Å². The maximum absolute atomic E-state index is 12.4. The van der Waals surface area contributed by atoms with Gasteiger partial charge in [-0.3, -0.25) is 4.79 Å². The minimum Gasteiger partial charge on any atom is -0.381 e. The normalized spacial score (nSPS) is 17.6. The molecule has 0 bridgehead atoms. The fourth-order valence-electron chi connectivity index (χ4n) is 2.52. The van der Waals surface area contributed by atoms with Crippen LogP contribution in [-0.4, -0.2) is 37.1 Å². The maximum atomic E-state index is 12.4. The summed E-state index contributed by atoms with van der Waals surface area (Å²) >= 11 is 0. The van der Waals surface area contributed by atoms with Gasteiger partial charge in [0.2, 0.25) is 5.91 Å². The van der Waals surface area contributed by atoms with Crippen molar-refractivity contribution in [1.29, 1.82) is 0 Å². The number of amides is 1. The molecule has 3 heteroatoms. The molecule has 0 radical (unpaired) electrons. The lowest BCUT2D eigenvalue weighted by Gasteiger charge is -2.32. The largest absolute Gasteiger partial charge is 0.381 e. The van der Waals surface area contributed by atoms with E-state index >= 15 is 0 Å². The van der Waals surface area contributed by atoms with Gasteiger partial charge in [-0.15, -0.1) is 0 Å². The van der Waals surface area contributed by atoms with Gasteiger partial charge >= 0.3 is 0 Å². The summed E-state index contributed by atoms with van der Waals surface area (Å²) in [4.78, 5) is 14.4. The molecule has 114 valence electrons. The average molecular weight is 271 g/mol. The van der Waals surface area contributed by atoms with Crippen molar-refractivity contribution in [3.05, 3.63) is 0 Å². The van der Waals surface area contributed by atoms with Crippen LogP contribution in [0.15, 0.2) is 0 Å². The monoisotopic (exact) mass is 271 g/mol. The number of carbonyl (C=O) groups excluding carboxylic acids is 1. The second-order valence-corrected chi connectivity index (χ2v) is 5.51. The Morgan fingerprint density at radius 1 is 1.21 bits per heavy atom. The Morgan fingerprint density at radius 3 is 2.16 bits per heavy atom. The molecule has 0 spiro atoms. The topological polar surface area (TPSA) is 29.5 Å². The molecule has 0 N–H and O–H groups in total. The van der Waals surface area contributed by atoms with Crippen LogP contribution >= 0.6 is 0 Å². The van der Waals surface area contributed by atoms with Crippen molar-refractivity contribution in [3.63, 3.8) is 0 Å². The molecule has 1 fully saturated rings. The van der Waals surface area contributed by atoms with Crippen LogP contribution in [0, 0.1) is 17.8 Å². The highest BCUT2D eigenvalue weighted by atomic mass is 16.5. The van der Waals surface area contributed by atoms with Crippen molar-refractivity contribution in [2.45, 2.75) is 54.4 Å². The third-order valence-corrected chi connectivity index (χ3v) is 3.64. The first-order valence-corrected chi connectivity index (χ1v) is 7.92. The number of rotatable bonds is 5. The van der Waals surface area contributed by atoms with Gasteiger partial charge in [0.05, 0.1) is 0 Å². The van der Waals surface area contributed by atoms with Crippen LogP contribution in [-0.2, 0) is 9.53 Å². The summed E-state index contributed by atoms with van der Waals surface area (Å²) < 4.78 is 5.36. The van der Waals surface area contributed by atoms with Gasteiger partial charge in [0, 0.05) is 32.2 Å². The van der Waals surface area contributed by atoms with Gasteiger partial charge in [-0.05, 0) is 31.6 Å². The lowest BCUT2D eigenvalue weighted by molar-refractivity contribution is -0.138. The SMILES string of the molecule is CC.CCN(CC(C)C)C(=O)C(C)C1CCOCC1. The molecule has 1 aliphatic heterocycles. The first kappa shape index (κ1) is 18.4. The molecule has 0 saturated carbocycles. The molecule has 1 rings (SSSR count). The van der Waals surface area contributed by atoms with E-state index < -0.39 is 0 Å². The van der Waals surface area contributed by atoms with Crippen LogP contribution in [0.25, 0.3) is 0 Å². The first-order valence-electron chi connectivity index (χ1n) is 7.92. The molecule has 0 aromatic carbocycles. The lowest BCUT2D eigenvalue weighted by Crippen LogP contribution is -2.41. The zero-order chi connectivity index (χ0) is 14.8. The van der Waals surface area contributed by atoms with Gasteiger partial charge in [-0.25, -0.2) is 0 Å². The highest BCUT2D eigenvalue weighted by Gasteiger charge is 2.28. The molecule has 0 aromatic heterocycles. The van der Waals surface area contributed by atoms with Crippen molar-refractivity contribution in [2.24, 2.45) is 17.8 Å². The third kappa shape index (κ3) is 6.42. The van der Waals surface area contributed by atoms with Gasteiger partial charge in [0.25, 0.3) is 0 Å². The molecule has 1 atom stereocenters. The van der Waals surface area contributed by atoms with E-state index in [4.69, 9.17) is 4.74 Å². The van der Waals surface area contributed by atoms with Crippen molar-refractivity contribution in [1.82, 2.24) is 4.90 Å². The van der Waals surface area contributed by atoms with Crippen LogP contribution < -0.4 is 0 Å². The van der Waals surface area contributed by atoms with E-state index in [0.717, 1.165) is 39.1 Å². The molecule has 19 heavy (non-hydrogen) atoms. The summed E-state index contributed by atoms with van der Waals surface area (Å²) in [6.45, 7) is 15.8. The Hall–Kier alpha value is -0.570. The first-order chi connectivity index (χ1) is 9.06. The molecular weight excluding hydrogens is 238 g/mol. The summed E-state index contributed by atoms with van der Waals surface area (Å²) in [6.07, 6.45) is 2.07. The highest BCUT2D eigenvalue weighted by Crippen LogP contribution is 2.25. The van der Waals surface area contributed by atoms with Gasteiger partial charge in [0.15, 0.2) is 0 Å². The van der Waals surface area contributed by atoms with Crippen LogP contribution in [0.4, 0.5) is 0 Å². The highest BCUT2D eigenvalue weighted by molar-refractivity contribution is 5.78. The summed E-state index contributed by atoms with van der Waals surface area (Å²) in [5.41, 5.74) is 0. The third-order valence-electron chi connectivity index (χ3n) is 3.64. The molecule has 1 saturated heterocycles. The number of ether oxygens (including phenoxy) is 1. The fraction of sp³-hybridized carbons (Fsp3) is 0.938. The lowest BCUT2D eigenvalue weighted by atomic mass is 9.86. The van der Waals surface area contributed by atoms with Crippen LogP contribution in [0.3, 0.4) is 0 Å². The number of carbonyl (C=O) groups is 1. The van der Waals surface area contributed by atoms with E-state index in [1.807, 2.05) is 18.7 Å². The van der Waals surface area contributed by atoms with Crippen molar-refractivity contribution in [2.75, 3.05) is 26.3 Å². The molecule has 3 nitrogen and oxygen atoms in total. The van der Waals surface area contributed by atoms with E-state index in [1.165, 1.54) is 0 Å². The zero-order valence-electron chi connectivity index (χ0n) is 13.7. The van der Waals surface area contributed by atoms with Gasteiger partial charge in [-0.2, -0.15) is 0 Å². The van der Waals surface area contributed by atoms with E-state index in [1.54, 1.807) is 0 Å². The van der Waals surface area contributed by atoms with Crippen LogP contribution in [0.1, 0.15) is 54.4 Å². The summed E-state index contributed by atoms with van der Waals surface area (Å²) in [6, 6.07) is 0. The van der Waals surface area contributed by atoms with E-state index in [-0.39, 0.29) is 5.92 Å². The molecule has 1 amide bonds. The van der Waals surface area contributed by atoms with Crippen molar-refractivity contribution in [3.8, 4) is 0 Å². The van der Waals surface area contributed by atoms with Crippen molar-refractivity contribution >= 4 is 5.91 Å². The average Bonchev–Trinajstić information content (AvgIpc) is 2.46. The Balaban J connectivity index is 0.00000154. The standard InChI is InChI=1S/C14H27NO2.C2H6/c1-5-15(10-11(2)3)14(16)12(4)13-6-8-17-9-7-13;1-2/h11-13H,5-10H2,1-4H3;1-2H3. The Labute approximate surface area is 119 Å². The number of nitrogens with zero attached hydrogens (tertiary/aromatic N) is 1. The van der Waals surface area contributed by atoms with Gasteiger partial charge < -0.3 is 9.64 Å². The molecule has 0 aromatic rings. The second-order valence-electron chi connectivity index (χ2n) is 5.51. The van der Waals surface area contributed by atoms with Crippen molar-refractivity contribution < 1.29 is 9.53 Å². The minimum atomic E-state index is 0.151. The quantitative estimate of drug-likeness (QED) is 0.765. The second kappa shape index (κ2) is 10.2. The van der Waals surface area contributed by atoms with E-state index in [9.17, 15) is 4.79 Å². The number of hydrogen-bond donors (Lipinski definition) is 0. The van der Waals surface area contributed by atoms with Gasteiger partial charge in [-0.1, -0.05) is 34.6 Å². The summed E-state index contributed by atoms with van der Waals surface area (Å²) in [5, 5.41) is 0. The molecule has 0 aliphatic carbocycles. The van der Waals surface area contributed by atoms with Crippen LogP contribution in [0.2, 0.25) is 0 Å². The molecule has 1 aliphatic rings. The number of hydrogen-bond acceptors (Lipinski definition) is 2. The minimum absolute atomic E-state index is 0.151. The Morgan fingerprint density at radius 2 is 1.74 bits per heavy atom. The van der Waals surface area contributed by atoms with Crippen LogP contribution in [0.5, 0.6) is 0 Å². The molecular formula is C16H33NO2. The molecule has 1 unspecified atom stereocenters. The van der Waals surface area contributed by atoms with E-state index in [2.05, 4.69) is 27.7 Å². The zero-order valence-corrected chi connectivity index (χ0v) is 13.7. The fourth-order valence-corrected chi connectivity index (χ4v) is 2.52. The maximum Gasteiger partial charge on any atom is 0.225 e. The summed E-state index contributed by atoms with van der Waals surface area (Å²) in [7, 11) is 0. The Bertz CT molecular complexity index is 235. The van der Waals surface area contributed by atoms with E-state index in [0.29, 0.717) is 17.7 Å². The predicted octanol–water partition coefficient (Wildman–Crippen LogP) is 3.58. The molecule has 1 heterocycles. The predicted molar refractivity (Wildman–Crippen MR) is 81.1 cm³/mol.